The van der Waals surface area contributed by atoms with Gasteiger partial charge in [-0.15, -0.1) is 0 Å². The molecule has 2 aliphatic heterocycles. The number of carbonyl (C=O) groups excluding carboxylic acids is 2. The van der Waals surface area contributed by atoms with Crippen molar-refractivity contribution in [2.75, 3.05) is 33.4 Å². The summed E-state index contributed by atoms with van der Waals surface area (Å²) in [7, 11) is 1.74. The Labute approximate surface area is 181 Å². The van der Waals surface area contributed by atoms with Crippen molar-refractivity contribution in [2.45, 2.75) is 32.2 Å². The zero-order chi connectivity index (χ0) is 22.0. The fourth-order valence-electron chi connectivity index (χ4n) is 4.39. The maximum absolute atomic E-state index is 13.2. The normalized spacial score (nSPS) is 21.2. The number of ether oxygens (including phenoxy) is 1. The summed E-state index contributed by atoms with van der Waals surface area (Å²) in [6.45, 7) is 3.03. The first-order valence-corrected chi connectivity index (χ1v) is 10.7. The monoisotopic (exact) mass is 424 g/mol. The molecule has 0 N–H and O–H groups in total. The molecule has 2 amide bonds. The summed E-state index contributed by atoms with van der Waals surface area (Å²) in [5.41, 5.74) is 1.30. The van der Waals surface area contributed by atoms with Crippen LogP contribution in [0.1, 0.15) is 33.7 Å². The Hall–Kier alpha value is -2.93. The van der Waals surface area contributed by atoms with E-state index in [-0.39, 0.29) is 36.6 Å². The number of fused-ring (bicyclic) bond motifs is 3. The molecule has 3 heterocycles. The molecule has 2 aromatic rings. The molecule has 2 atom stereocenters. The van der Waals surface area contributed by atoms with Crippen LogP contribution in [0.5, 0.6) is 0 Å². The van der Waals surface area contributed by atoms with Crippen LogP contribution in [0.2, 0.25) is 0 Å². The number of hydrogen-bond acceptors (Lipinski definition) is 5. The summed E-state index contributed by atoms with van der Waals surface area (Å²) >= 11 is 0. The molecule has 7 heteroatoms. The Balaban J connectivity index is 1.48. The summed E-state index contributed by atoms with van der Waals surface area (Å²) in [5.74, 6) is -0.213. The predicted octanol–water partition coefficient (Wildman–Crippen LogP) is 2.05. The van der Waals surface area contributed by atoms with Gasteiger partial charge in [-0.25, -0.2) is 4.79 Å². The van der Waals surface area contributed by atoms with Crippen LogP contribution in [-0.2, 0) is 22.4 Å². The van der Waals surface area contributed by atoms with Crippen LogP contribution in [0.4, 0.5) is 0 Å². The Bertz CT molecular complexity index is 1020. The van der Waals surface area contributed by atoms with Crippen LogP contribution in [0.3, 0.4) is 0 Å². The largest absolute Gasteiger partial charge is 0.427 e. The van der Waals surface area contributed by atoms with Crippen molar-refractivity contribution in [1.29, 1.82) is 0 Å². The molecular weight excluding hydrogens is 396 g/mol. The van der Waals surface area contributed by atoms with Gasteiger partial charge in [0.05, 0.1) is 25.2 Å². The Morgan fingerprint density at radius 3 is 2.61 bits per heavy atom. The molecule has 1 aromatic heterocycles. The van der Waals surface area contributed by atoms with E-state index in [1.807, 2.05) is 18.2 Å². The van der Waals surface area contributed by atoms with E-state index in [2.05, 4.69) is 12.1 Å². The minimum atomic E-state index is -0.606. The van der Waals surface area contributed by atoms with Gasteiger partial charge in [0, 0.05) is 26.6 Å². The van der Waals surface area contributed by atoms with Crippen molar-refractivity contribution >= 4 is 11.8 Å². The minimum absolute atomic E-state index is 0.0182. The fourth-order valence-corrected chi connectivity index (χ4v) is 4.39. The lowest BCUT2D eigenvalue weighted by atomic mass is 10.0. The first-order valence-electron chi connectivity index (χ1n) is 10.7. The maximum Gasteiger partial charge on any atom is 0.349 e. The van der Waals surface area contributed by atoms with E-state index < -0.39 is 11.5 Å². The van der Waals surface area contributed by atoms with Gasteiger partial charge in [-0.05, 0) is 37.0 Å². The summed E-state index contributed by atoms with van der Waals surface area (Å²) < 4.78 is 11.1. The molecule has 2 saturated heterocycles. The minimum Gasteiger partial charge on any atom is -0.427 e. The van der Waals surface area contributed by atoms with Gasteiger partial charge in [0.25, 0.3) is 5.91 Å². The smallest absolute Gasteiger partial charge is 0.349 e. The van der Waals surface area contributed by atoms with E-state index in [4.69, 9.17) is 9.15 Å². The third-order valence-electron chi connectivity index (χ3n) is 6.18. The zero-order valence-corrected chi connectivity index (χ0v) is 18.0. The second-order valence-corrected chi connectivity index (χ2v) is 8.44. The average Bonchev–Trinajstić information content (AvgIpc) is 2.93. The molecule has 0 unspecified atom stereocenters. The average molecular weight is 424 g/mol. The zero-order valence-electron chi connectivity index (χ0n) is 18.0. The second kappa shape index (κ2) is 9.06. The van der Waals surface area contributed by atoms with Crippen LogP contribution >= 0.6 is 0 Å². The van der Waals surface area contributed by atoms with Crippen molar-refractivity contribution in [2.24, 2.45) is 5.92 Å². The quantitative estimate of drug-likeness (QED) is 0.734. The molecule has 2 fully saturated rings. The van der Waals surface area contributed by atoms with Crippen molar-refractivity contribution < 1.29 is 18.7 Å². The summed E-state index contributed by atoms with van der Waals surface area (Å²) in [6, 6.07) is 11.7. The van der Waals surface area contributed by atoms with Gasteiger partial charge in [-0.2, -0.15) is 0 Å². The Kier molecular flexibility index (Phi) is 6.23. The highest BCUT2D eigenvalue weighted by molar-refractivity contribution is 5.95. The van der Waals surface area contributed by atoms with Crippen LogP contribution in [0.25, 0.3) is 0 Å². The second-order valence-electron chi connectivity index (χ2n) is 8.44. The van der Waals surface area contributed by atoms with Crippen LogP contribution in [0.15, 0.2) is 45.6 Å². The lowest BCUT2D eigenvalue weighted by Crippen LogP contribution is -2.46. The van der Waals surface area contributed by atoms with Crippen molar-refractivity contribution in [3.8, 4) is 0 Å². The number of aryl methyl sites for hydroxylation is 3. The molecule has 164 valence electrons. The van der Waals surface area contributed by atoms with Crippen molar-refractivity contribution in [1.82, 2.24) is 9.80 Å². The van der Waals surface area contributed by atoms with Gasteiger partial charge in [-0.3, -0.25) is 9.59 Å². The van der Waals surface area contributed by atoms with Gasteiger partial charge in [0.1, 0.15) is 11.3 Å². The first kappa shape index (κ1) is 21.3. The van der Waals surface area contributed by atoms with E-state index in [1.165, 1.54) is 5.56 Å². The number of nitrogens with zero attached hydrogens (tertiary/aromatic N) is 2. The van der Waals surface area contributed by atoms with E-state index in [0.717, 1.165) is 12.8 Å². The first-order chi connectivity index (χ1) is 14.9. The molecule has 2 bridgehead atoms. The highest BCUT2D eigenvalue weighted by Crippen LogP contribution is 2.22. The van der Waals surface area contributed by atoms with Crippen molar-refractivity contribution in [3.63, 3.8) is 0 Å². The van der Waals surface area contributed by atoms with E-state index in [9.17, 15) is 14.4 Å². The van der Waals surface area contributed by atoms with E-state index in [1.54, 1.807) is 29.8 Å². The van der Waals surface area contributed by atoms with Crippen LogP contribution < -0.4 is 5.63 Å². The summed E-state index contributed by atoms with van der Waals surface area (Å²) in [5, 5.41) is 0. The highest BCUT2D eigenvalue weighted by Gasteiger charge is 2.39. The number of amides is 2. The Morgan fingerprint density at radius 2 is 1.87 bits per heavy atom. The summed E-state index contributed by atoms with van der Waals surface area (Å²) in [6.07, 6.45) is 2.37. The van der Waals surface area contributed by atoms with Gasteiger partial charge < -0.3 is 19.0 Å². The van der Waals surface area contributed by atoms with Gasteiger partial charge in [-0.1, -0.05) is 30.3 Å². The van der Waals surface area contributed by atoms with Gasteiger partial charge >= 0.3 is 5.63 Å². The molecular formula is C24H28N2O5. The van der Waals surface area contributed by atoms with Crippen LogP contribution in [0, 0.1) is 12.8 Å². The maximum atomic E-state index is 13.2. The number of rotatable bonds is 5. The third-order valence-corrected chi connectivity index (χ3v) is 6.18. The number of carbonyl (C=O) groups is 2. The van der Waals surface area contributed by atoms with Gasteiger partial charge in [0.2, 0.25) is 5.91 Å². The predicted molar refractivity (Wildman–Crippen MR) is 115 cm³/mol. The van der Waals surface area contributed by atoms with E-state index >= 15 is 0 Å². The van der Waals surface area contributed by atoms with E-state index in [0.29, 0.717) is 30.9 Å². The fraction of sp³-hybridized carbons (Fsp3) is 0.458. The Morgan fingerprint density at radius 1 is 1.10 bits per heavy atom. The summed E-state index contributed by atoms with van der Waals surface area (Å²) in [4.78, 5) is 41.8. The van der Waals surface area contributed by atoms with Crippen LogP contribution in [-0.4, -0.2) is 61.0 Å². The molecule has 31 heavy (non-hydrogen) atoms. The third kappa shape index (κ3) is 4.56. The number of hydrogen-bond donors (Lipinski definition) is 0. The lowest BCUT2D eigenvalue weighted by Gasteiger charge is -2.29. The number of benzene rings is 1. The molecule has 7 nitrogen and oxygen atoms in total. The highest BCUT2D eigenvalue weighted by atomic mass is 16.5. The molecule has 0 radical (unpaired) electrons. The molecule has 4 rings (SSSR count). The lowest BCUT2D eigenvalue weighted by molar-refractivity contribution is -0.133. The standard InChI is InChI=1S/C24H28N2O5/c1-16-11-20(10-6-9-17-7-4-3-5-8-17)31-24(29)21(16)23(28)26-12-18-14-30-15-19(13-26)25(2)22(18)27/h3-5,7-8,11,18-19H,6,9-10,12-15H2,1-2H3/t18-,19+/m1/s1. The molecule has 2 aliphatic rings. The van der Waals surface area contributed by atoms with Gasteiger partial charge in [0.15, 0.2) is 0 Å². The van der Waals surface area contributed by atoms with Crippen molar-refractivity contribution in [3.05, 3.63) is 69.3 Å². The topological polar surface area (TPSA) is 80.1 Å². The molecule has 0 saturated carbocycles. The number of likely N-dealkylation sites (N-methyl/N-ethyl adjacent to an activating group) is 1. The molecule has 1 aromatic carbocycles. The molecule has 0 aliphatic carbocycles. The molecule has 0 spiro atoms. The SMILES string of the molecule is Cc1cc(CCCc2ccccc2)oc(=O)c1C(=O)N1C[C@@H]2COC[C@H](C1)N(C)C2=O.